The molecule has 8 nitrogen and oxygen atoms in total. The van der Waals surface area contributed by atoms with Crippen LogP contribution in [-0.4, -0.2) is 29.5 Å². The van der Waals surface area contributed by atoms with Gasteiger partial charge in [-0.3, -0.25) is 9.59 Å². The molecule has 166 valence electrons. The molecule has 2 aliphatic heterocycles. The molecule has 0 spiro atoms. The molecule has 2 heterocycles. The van der Waals surface area contributed by atoms with Crippen LogP contribution in [-0.2, 0) is 9.53 Å². The smallest absolute Gasteiger partial charge is 0.255 e. The second kappa shape index (κ2) is 8.48. The van der Waals surface area contributed by atoms with Crippen molar-refractivity contribution in [2.24, 2.45) is 5.10 Å². The van der Waals surface area contributed by atoms with Crippen molar-refractivity contribution in [3.05, 3.63) is 88.4 Å². The van der Waals surface area contributed by atoms with Gasteiger partial charge in [0.15, 0.2) is 11.5 Å². The highest BCUT2D eigenvalue weighted by atomic mass is 35.5. The first kappa shape index (κ1) is 20.8. The number of amides is 2. The molecule has 0 aromatic heterocycles. The molecule has 3 aromatic rings. The van der Waals surface area contributed by atoms with E-state index < -0.39 is 6.23 Å². The summed E-state index contributed by atoms with van der Waals surface area (Å²) in [5.74, 6) is 0.924. The molecule has 0 radical (unpaired) electrons. The van der Waals surface area contributed by atoms with Crippen LogP contribution in [0.2, 0.25) is 5.02 Å². The quantitative estimate of drug-likeness (QED) is 0.612. The number of nitrogens with one attached hydrogen (secondary N) is 1. The van der Waals surface area contributed by atoms with E-state index in [0.717, 1.165) is 0 Å². The Kier molecular flexibility index (Phi) is 5.35. The minimum atomic E-state index is -0.751. The number of hydrazone groups is 1. The van der Waals surface area contributed by atoms with Gasteiger partial charge in [-0.25, -0.2) is 0 Å². The van der Waals surface area contributed by atoms with E-state index in [0.29, 0.717) is 38.9 Å². The predicted octanol–water partition coefficient (Wildman–Crippen LogP) is 4.56. The maximum atomic E-state index is 12.5. The number of hydrogen-bond donors (Lipinski definition) is 1. The van der Waals surface area contributed by atoms with Crippen molar-refractivity contribution in [3.8, 4) is 11.5 Å². The summed E-state index contributed by atoms with van der Waals surface area (Å²) in [5.41, 5.74) is 2.34. The fourth-order valence-corrected chi connectivity index (χ4v) is 3.63. The Labute approximate surface area is 194 Å². The lowest BCUT2D eigenvalue weighted by atomic mass is 10.1. The van der Waals surface area contributed by atoms with Gasteiger partial charge in [0, 0.05) is 34.3 Å². The molecule has 0 fully saturated rings. The second-order valence-electron chi connectivity index (χ2n) is 7.39. The van der Waals surface area contributed by atoms with Crippen molar-refractivity contribution in [1.82, 2.24) is 5.01 Å². The number of ether oxygens (including phenoxy) is 3. The van der Waals surface area contributed by atoms with Crippen molar-refractivity contribution in [2.75, 3.05) is 12.1 Å². The summed E-state index contributed by atoms with van der Waals surface area (Å²) < 4.78 is 16.8. The summed E-state index contributed by atoms with van der Waals surface area (Å²) in [5, 5.41) is 9.04. The first-order chi connectivity index (χ1) is 16.0. The lowest BCUT2D eigenvalue weighted by molar-refractivity contribution is -0.135. The average molecular weight is 464 g/mol. The number of hydrogen-bond acceptors (Lipinski definition) is 6. The molecule has 0 aliphatic carbocycles. The van der Waals surface area contributed by atoms with Gasteiger partial charge in [0.2, 0.25) is 24.8 Å². The SMILES string of the molecule is CC(=O)N1N=C(c2cccc(NC(=O)c3ccc(Cl)cc3)c2)O[C@@H]1c1ccc2c(c1)OCO2. The van der Waals surface area contributed by atoms with Crippen molar-refractivity contribution < 1.29 is 23.8 Å². The van der Waals surface area contributed by atoms with Crippen LogP contribution in [0.25, 0.3) is 0 Å². The molecule has 33 heavy (non-hydrogen) atoms. The number of nitrogens with zero attached hydrogens (tertiary/aromatic N) is 2. The van der Waals surface area contributed by atoms with E-state index >= 15 is 0 Å². The molecular weight excluding hydrogens is 446 g/mol. The van der Waals surface area contributed by atoms with Gasteiger partial charge in [-0.2, -0.15) is 5.01 Å². The zero-order valence-corrected chi connectivity index (χ0v) is 18.2. The monoisotopic (exact) mass is 463 g/mol. The first-order valence-electron chi connectivity index (χ1n) is 10.1. The summed E-state index contributed by atoms with van der Waals surface area (Å²) in [7, 11) is 0. The number of benzene rings is 3. The van der Waals surface area contributed by atoms with E-state index in [1.165, 1.54) is 11.9 Å². The predicted molar refractivity (Wildman–Crippen MR) is 121 cm³/mol. The third-order valence-corrected chi connectivity index (χ3v) is 5.37. The fourth-order valence-electron chi connectivity index (χ4n) is 3.50. The van der Waals surface area contributed by atoms with Crippen molar-refractivity contribution >= 4 is 35.0 Å². The third-order valence-electron chi connectivity index (χ3n) is 5.12. The van der Waals surface area contributed by atoms with Crippen LogP contribution >= 0.6 is 11.6 Å². The maximum absolute atomic E-state index is 12.5. The lowest BCUT2D eigenvalue weighted by Gasteiger charge is -2.19. The Balaban J connectivity index is 1.38. The standard InChI is InChI=1S/C24H18ClN3O5/c1-14(29)28-24(17-7-10-20-21(12-17)32-13-31-20)33-23(27-28)16-3-2-4-19(11-16)26-22(30)15-5-8-18(25)9-6-15/h2-12,24H,13H2,1H3,(H,26,30)/t24-/m1/s1. The van der Waals surface area contributed by atoms with Crippen LogP contribution in [0.3, 0.4) is 0 Å². The van der Waals surface area contributed by atoms with E-state index in [2.05, 4.69) is 10.4 Å². The van der Waals surface area contributed by atoms with Crippen LogP contribution in [0, 0.1) is 0 Å². The van der Waals surface area contributed by atoms with Crippen LogP contribution in [0.4, 0.5) is 5.69 Å². The summed E-state index contributed by atoms with van der Waals surface area (Å²) in [6, 6.07) is 19.0. The van der Waals surface area contributed by atoms with E-state index in [4.69, 9.17) is 25.8 Å². The minimum absolute atomic E-state index is 0.150. The van der Waals surface area contributed by atoms with Gasteiger partial charge in [-0.05, 0) is 60.7 Å². The molecule has 1 atom stereocenters. The van der Waals surface area contributed by atoms with E-state index in [1.807, 2.05) is 0 Å². The van der Waals surface area contributed by atoms with Crippen LogP contribution in [0.15, 0.2) is 71.8 Å². The summed E-state index contributed by atoms with van der Waals surface area (Å²) in [6.07, 6.45) is -0.751. The zero-order valence-electron chi connectivity index (χ0n) is 17.4. The third kappa shape index (κ3) is 4.20. The van der Waals surface area contributed by atoms with Crippen LogP contribution in [0.5, 0.6) is 11.5 Å². The second-order valence-corrected chi connectivity index (χ2v) is 7.83. The zero-order chi connectivity index (χ0) is 22.9. The summed E-state index contributed by atoms with van der Waals surface area (Å²) >= 11 is 5.89. The molecule has 5 rings (SSSR count). The van der Waals surface area contributed by atoms with Crippen LogP contribution < -0.4 is 14.8 Å². The average Bonchev–Trinajstić information content (AvgIpc) is 3.46. The molecule has 0 bridgehead atoms. The number of fused-ring (bicyclic) bond motifs is 1. The Morgan fingerprint density at radius 2 is 1.82 bits per heavy atom. The highest BCUT2D eigenvalue weighted by Crippen LogP contribution is 2.38. The Morgan fingerprint density at radius 1 is 1.03 bits per heavy atom. The lowest BCUT2D eigenvalue weighted by Crippen LogP contribution is -2.25. The topological polar surface area (TPSA) is 89.5 Å². The van der Waals surface area contributed by atoms with E-state index in [9.17, 15) is 9.59 Å². The fraction of sp³-hybridized carbons (Fsp3) is 0.125. The highest BCUT2D eigenvalue weighted by molar-refractivity contribution is 6.30. The number of carbonyl (C=O) groups is 2. The van der Waals surface area contributed by atoms with Crippen molar-refractivity contribution in [3.63, 3.8) is 0 Å². The Morgan fingerprint density at radius 3 is 2.61 bits per heavy atom. The van der Waals surface area contributed by atoms with Crippen molar-refractivity contribution in [1.29, 1.82) is 0 Å². The molecule has 2 amide bonds. The summed E-state index contributed by atoms with van der Waals surface area (Å²) in [6.45, 7) is 1.57. The highest BCUT2D eigenvalue weighted by Gasteiger charge is 2.34. The molecule has 0 saturated carbocycles. The number of carbonyl (C=O) groups excluding carboxylic acids is 2. The maximum Gasteiger partial charge on any atom is 0.255 e. The van der Waals surface area contributed by atoms with Gasteiger partial charge in [-0.1, -0.05) is 17.7 Å². The van der Waals surface area contributed by atoms with Gasteiger partial charge in [-0.15, -0.1) is 5.10 Å². The normalized spacial score (nSPS) is 16.2. The van der Waals surface area contributed by atoms with Crippen molar-refractivity contribution in [2.45, 2.75) is 13.2 Å². The van der Waals surface area contributed by atoms with Gasteiger partial charge >= 0.3 is 0 Å². The molecule has 0 saturated heterocycles. The Bertz CT molecular complexity index is 1280. The minimum Gasteiger partial charge on any atom is -0.454 e. The van der Waals surface area contributed by atoms with Crippen LogP contribution in [0.1, 0.15) is 34.6 Å². The molecule has 0 unspecified atom stereocenters. The van der Waals surface area contributed by atoms with Gasteiger partial charge in [0.25, 0.3) is 5.91 Å². The molecule has 1 N–H and O–H groups in total. The number of anilines is 1. The summed E-state index contributed by atoms with van der Waals surface area (Å²) in [4.78, 5) is 24.8. The number of rotatable bonds is 4. The van der Waals surface area contributed by atoms with Gasteiger partial charge < -0.3 is 19.5 Å². The first-order valence-corrected chi connectivity index (χ1v) is 10.5. The molecular formula is C24H18ClN3O5. The molecule has 9 heteroatoms. The van der Waals surface area contributed by atoms with E-state index in [-0.39, 0.29) is 24.5 Å². The molecule has 2 aliphatic rings. The molecule has 3 aromatic carbocycles. The van der Waals surface area contributed by atoms with E-state index in [1.54, 1.807) is 66.7 Å². The van der Waals surface area contributed by atoms with Gasteiger partial charge in [0.05, 0.1) is 0 Å². The Hall–Kier alpha value is -4.04. The largest absolute Gasteiger partial charge is 0.454 e. The number of halogens is 1. The van der Waals surface area contributed by atoms with Gasteiger partial charge in [0.1, 0.15) is 0 Å².